The molecule has 3 aromatic carbocycles. The summed E-state index contributed by atoms with van der Waals surface area (Å²) in [6.45, 7) is 0. The van der Waals surface area contributed by atoms with Crippen molar-refractivity contribution in [1.82, 2.24) is 0 Å². The average molecular weight is 260 g/mol. The lowest BCUT2D eigenvalue weighted by Gasteiger charge is -2.13. The third-order valence-corrected chi connectivity index (χ3v) is 3.92. The van der Waals surface area contributed by atoms with Gasteiger partial charge >= 0.3 is 0 Å². The minimum Gasteiger partial charge on any atom is -0.0620 e. The summed E-state index contributed by atoms with van der Waals surface area (Å²) < 4.78 is 0. The van der Waals surface area contributed by atoms with Gasteiger partial charge in [-0.2, -0.15) is 0 Å². The normalized spacial score (nSPS) is 13.2. The zero-order valence-corrected chi connectivity index (χ0v) is 11.8. The number of benzene rings is 3. The molecule has 0 saturated heterocycles. The first-order chi connectivity index (χ1) is 9.93. The Balaban J connectivity index is 0.000000121. The van der Waals surface area contributed by atoms with E-state index < -0.39 is 0 Å². The summed E-state index contributed by atoms with van der Waals surface area (Å²) in [5.74, 6) is 0. The van der Waals surface area contributed by atoms with Crippen LogP contribution in [0.4, 0.5) is 0 Å². The van der Waals surface area contributed by atoms with Gasteiger partial charge in [0, 0.05) is 0 Å². The Kier molecular flexibility index (Phi) is 4.13. The molecule has 0 heterocycles. The zero-order valence-electron chi connectivity index (χ0n) is 11.8. The number of rotatable bonds is 0. The van der Waals surface area contributed by atoms with Gasteiger partial charge in [0.1, 0.15) is 0 Å². The minimum absolute atomic E-state index is 1.30. The molecule has 0 saturated carbocycles. The first-order valence-electron chi connectivity index (χ1n) is 7.44. The predicted molar refractivity (Wildman–Crippen MR) is 87.0 cm³/mol. The van der Waals surface area contributed by atoms with Crippen LogP contribution in [0.15, 0.2) is 72.8 Å². The van der Waals surface area contributed by atoms with Gasteiger partial charge in [-0.05, 0) is 47.6 Å². The van der Waals surface area contributed by atoms with Crippen LogP contribution in [0.1, 0.15) is 24.0 Å². The van der Waals surface area contributed by atoms with Crippen LogP contribution in [0.5, 0.6) is 0 Å². The van der Waals surface area contributed by atoms with Crippen LogP contribution >= 0.6 is 0 Å². The standard InChI is InChI=1S/C10H12.C10H8/c2*1-2-6-10-8-4-3-7-9(10)5-1/h1-2,5-6H,3-4,7-8H2;1-8H. The fourth-order valence-electron chi connectivity index (χ4n) is 2.81. The van der Waals surface area contributed by atoms with Gasteiger partial charge in [0.05, 0.1) is 0 Å². The maximum atomic E-state index is 2.26. The van der Waals surface area contributed by atoms with Crippen molar-refractivity contribution in [3.05, 3.63) is 83.9 Å². The Morgan fingerprint density at radius 3 is 1.20 bits per heavy atom. The zero-order chi connectivity index (χ0) is 13.6. The van der Waals surface area contributed by atoms with Crippen molar-refractivity contribution in [3.8, 4) is 0 Å². The van der Waals surface area contributed by atoms with Gasteiger partial charge in [0.2, 0.25) is 0 Å². The molecule has 0 spiro atoms. The Bertz CT molecular complexity index is 592. The van der Waals surface area contributed by atoms with Crippen LogP contribution in [0.25, 0.3) is 10.8 Å². The molecular formula is C20H20. The second-order valence-electron chi connectivity index (χ2n) is 5.32. The van der Waals surface area contributed by atoms with Crippen molar-refractivity contribution in [3.63, 3.8) is 0 Å². The molecule has 0 N–H and O–H groups in total. The highest BCUT2D eigenvalue weighted by molar-refractivity contribution is 5.81. The van der Waals surface area contributed by atoms with Crippen molar-refractivity contribution in [2.75, 3.05) is 0 Å². The smallest absolute Gasteiger partial charge is 0.0184 e. The van der Waals surface area contributed by atoms with Gasteiger partial charge in [-0.1, -0.05) is 72.8 Å². The number of hydrogen-bond donors (Lipinski definition) is 0. The lowest BCUT2D eigenvalue weighted by atomic mass is 9.92. The van der Waals surface area contributed by atoms with Crippen LogP contribution in [0.3, 0.4) is 0 Å². The van der Waals surface area contributed by atoms with Crippen LogP contribution in [0, 0.1) is 0 Å². The summed E-state index contributed by atoms with van der Waals surface area (Å²) in [5, 5.41) is 2.62. The lowest BCUT2D eigenvalue weighted by Crippen LogP contribution is -2.00. The van der Waals surface area contributed by atoms with E-state index in [1.54, 1.807) is 11.1 Å². The molecule has 0 heteroatoms. The minimum atomic E-state index is 1.30. The summed E-state index contributed by atoms with van der Waals surface area (Å²) in [5.41, 5.74) is 3.16. The van der Waals surface area contributed by atoms with E-state index in [1.807, 2.05) is 0 Å². The van der Waals surface area contributed by atoms with E-state index in [-0.39, 0.29) is 0 Å². The molecule has 20 heavy (non-hydrogen) atoms. The highest BCUT2D eigenvalue weighted by Gasteiger charge is 2.05. The van der Waals surface area contributed by atoms with E-state index in [9.17, 15) is 0 Å². The Hall–Kier alpha value is -2.08. The van der Waals surface area contributed by atoms with E-state index in [0.717, 1.165) is 0 Å². The van der Waals surface area contributed by atoms with Crippen molar-refractivity contribution >= 4 is 10.8 Å². The topological polar surface area (TPSA) is 0 Å². The molecule has 1 aliphatic carbocycles. The van der Waals surface area contributed by atoms with E-state index >= 15 is 0 Å². The third-order valence-electron chi connectivity index (χ3n) is 3.92. The molecule has 4 rings (SSSR count). The molecule has 0 nitrogen and oxygen atoms in total. The molecule has 3 aromatic rings. The van der Waals surface area contributed by atoms with Gasteiger partial charge in [-0.25, -0.2) is 0 Å². The van der Waals surface area contributed by atoms with E-state index in [2.05, 4.69) is 72.8 Å². The quantitative estimate of drug-likeness (QED) is 0.507. The molecule has 0 radical (unpaired) electrons. The Labute approximate surface area is 121 Å². The SMILES string of the molecule is c1ccc2c(c1)CCCC2.c1ccc2ccccc2c1. The summed E-state index contributed by atoms with van der Waals surface area (Å²) in [6, 6.07) is 25.5. The molecule has 0 fully saturated rings. The summed E-state index contributed by atoms with van der Waals surface area (Å²) in [4.78, 5) is 0. The fraction of sp³-hybridized carbons (Fsp3) is 0.200. The highest BCUT2D eigenvalue weighted by atomic mass is 14.1. The Morgan fingerprint density at radius 1 is 0.450 bits per heavy atom. The van der Waals surface area contributed by atoms with Gasteiger partial charge in [0.25, 0.3) is 0 Å². The van der Waals surface area contributed by atoms with Crippen molar-refractivity contribution < 1.29 is 0 Å². The summed E-state index contributed by atoms with van der Waals surface area (Å²) in [7, 11) is 0. The van der Waals surface area contributed by atoms with Gasteiger partial charge in [-0.15, -0.1) is 0 Å². The largest absolute Gasteiger partial charge is 0.0620 e. The molecule has 100 valence electrons. The first kappa shape index (κ1) is 12.9. The van der Waals surface area contributed by atoms with Crippen molar-refractivity contribution in [2.45, 2.75) is 25.7 Å². The van der Waals surface area contributed by atoms with Gasteiger partial charge in [-0.3, -0.25) is 0 Å². The van der Waals surface area contributed by atoms with E-state index in [4.69, 9.17) is 0 Å². The van der Waals surface area contributed by atoms with Crippen LogP contribution < -0.4 is 0 Å². The second kappa shape index (κ2) is 6.38. The molecular weight excluding hydrogens is 240 g/mol. The number of aryl methyl sites for hydroxylation is 2. The third kappa shape index (κ3) is 3.08. The molecule has 0 aliphatic heterocycles. The van der Waals surface area contributed by atoms with E-state index in [1.165, 1.54) is 36.5 Å². The van der Waals surface area contributed by atoms with Gasteiger partial charge in [0.15, 0.2) is 0 Å². The lowest BCUT2D eigenvalue weighted by molar-refractivity contribution is 0.685. The second-order valence-corrected chi connectivity index (χ2v) is 5.32. The monoisotopic (exact) mass is 260 g/mol. The van der Waals surface area contributed by atoms with Gasteiger partial charge < -0.3 is 0 Å². The summed E-state index contributed by atoms with van der Waals surface area (Å²) in [6.07, 6.45) is 5.38. The number of hydrogen-bond acceptors (Lipinski definition) is 0. The van der Waals surface area contributed by atoms with Crippen LogP contribution in [0.2, 0.25) is 0 Å². The molecule has 0 atom stereocenters. The summed E-state index contributed by atoms with van der Waals surface area (Å²) >= 11 is 0. The number of fused-ring (bicyclic) bond motifs is 2. The molecule has 0 unspecified atom stereocenters. The molecule has 0 aromatic heterocycles. The predicted octanol–water partition coefficient (Wildman–Crippen LogP) is 5.41. The van der Waals surface area contributed by atoms with E-state index in [0.29, 0.717) is 0 Å². The van der Waals surface area contributed by atoms with Crippen LogP contribution in [-0.2, 0) is 12.8 Å². The van der Waals surface area contributed by atoms with Crippen LogP contribution in [-0.4, -0.2) is 0 Å². The average Bonchev–Trinajstić information content (AvgIpc) is 2.56. The maximum Gasteiger partial charge on any atom is -0.0184 e. The van der Waals surface area contributed by atoms with Crippen molar-refractivity contribution in [1.29, 1.82) is 0 Å². The first-order valence-corrected chi connectivity index (χ1v) is 7.44. The molecule has 0 amide bonds. The Morgan fingerprint density at radius 2 is 0.800 bits per heavy atom. The maximum absolute atomic E-state index is 2.26. The molecule has 1 aliphatic rings. The van der Waals surface area contributed by atoms with Crippen molar-refractivity contribution in [2.24, 2.45) is 0 Å². The highest BCUT2D eigenvalue weighted by Crippen LogP contribution is 2.19. The molecule has 0 bridgehead atoms. The fourth-order valence-corrected chi connectivity index (χ4v) is 2.81.